The van der Waals surface area contributed by atoms with E-state index in [0.717, 1.165) is 45.7 Å². The third kappa shape index (κ3) is 4.11. The van der Waals surface area contributed by atoms with Crippen LogP contribution in [0.5, 0.6) is 0 Å². The van der Waals surface area contributed by atoms with Crippen molar-refractivity contribution < 1.29 is 9.59 Å². The molecule has 5 nitrogen and oxygen atoms in total. The third-order valence-corrected chi connectivity index (χ3v) is 5.88. The van der Waals surface area contributed by atoms with Crippen molar-refractivity contribution in [3.8, 4) is 0 Å². The van der Waals surface area contributed by atoms with Crippen molar-refractivity contribution in [3.05, 3.63) is 89.0 Å². The van der Waals surface area contributed by atoms with Crippen LogP contribution in [0.4, 0.5) is 26.7 Å². The predicted octanol–water partition coefficient (Wildman–Crippen LogP) is 6.92. The van der Waals surface area contributed by atoms with Crippen LogP contribution in [-0.2, 0) is 6.42 Å². The Morgan fingerprint density at radius 1 is 0.750 bits per heavy atom. The average molecular weight is 428 g/mol. The first kappa shape index (κ1) is 21.6. The van der Waals surface area contributed by atoms with Crippen LogP contribution in [0.3, 0.4) is 0 Å². The number of benzene rings is 3. The highest BCUT2D eigenvalue weighted by Crippen LogP contribution is 2.38. The molecule has 0 aliphatic carbocycles. The van der Waals surface area contributed by atoms with Crippen LogP contribution in [0, 0.1) is 0 Å². The first-order chi connectivity index (χ1) is 15.4. The Kier molecular flexibility index (Phi) is 5.99. The van der Waals surface area contributed by atoms with Gasteiger partial charge in [0.15, 0.2) is 0 Å². The van der Waals surface area contributed by atoms with Crippen molar-refractivity contribution in [2.45, 2.75) is 46.0 Å². The highest BCUT2D eigenvalue weighted by atomic mass is 16.2. The normalized spacial score (nSPS) is 12.4. The smallest absolute Gasteiger partial charge is 0.307 e. The van der Waals surface area contributed by atoms with Crippen LogP contribution in [0.15, 0.2) is 66.7 Å². The van der Waals surface area contributed by atoms with E-state index in [4.69, 9.17) is 0 Å². The number of urea groups is 2. The van der Waals surface area contributed by atoms with Gasteiger partial charge in [-0.15, -0.1) is 0 Å². The summed E-state index contributed by atoms with van der Waals surface area (Å²) in [5.74, 6) is 0.473. The van der Waals surface area contributed by atoms with Gasteiger partial charge in [-0.2, -0.15) is 0 Å². The number of anilines is 3. The second kappa shape index (κ2) is 8.87. The van der Waals surface area contributed by atoms with Gasteiger partial charge in [-0.3, -0.25) is 10.2 Å². The van der Waals surface area contributed by atoms with Gasteiger partial charge in [-0.25, -0.2) is 9.59 Å². The molecule has 3 aromatic rings. The number of carbonyl (C=O) groups excluding carboxylic acids is 2. The van der Waals surface area contributed by atoms with Crippen LogP contribution < -0.4 is 15.5 Å². The molecule has 0 radical (unpaired) electrons. The number of nitrogens with one attached hydrogen (secondary N) is 2. The standard InChI is InChI=1S/C27H29N3O2/c1-17(2)21-12-9-13-22(18(3)4)25(21)28-26(31)29-27(32)30-23-14-7-5-10-19(23)16-20-11-6-8-15-24(20)30/h5-15,17-18H,16H2,1-4H3,(H2,28,29,31,32). The number of nitrogens with zero attached hydrogens (tertiary/aromatic N) is 1. The largest absolute Gasteiger partial charge is 0.334 e. The van der Waals surface area contributed by atoms with E-state index in [-0.39, 0.29) is 11.8 Å². The van der Waals surface area contributed by atoms with Gasteiger partial charge in [-0.1, -0.05) is 82.3 Å². The minimum atomic E-state index is -0.537. The van der Waals surface area contributed by atoms with Gasteiger partial charge in [-0.05, 0) is 46.2 Å². The maximum absolute atomic E-state index is 13.3. The second-order valence-corrected chi connectivity index (χ2v) is 8.77. The fraction of sp³-hybridized carbons (Fsp3) is 0.259. The van der Waals surface area contributed by atoms with Crippen LogP contribution >= 0.6 is 0 Å². The summed E-state index contributed by atoms with van der Waals surface area (Å²) in [4.78, 5) is 27.9. The quantitative estimate of drug-likeness (QED) is 0.477. The van der Waals surface area contributed by atoms with Crippen LogP contribution in [-0.4, -0.2) is 12.1 Å². The van der Waals surface area contributed by atoms with E-state index in [1.165, 1.54) is 0 Å². The molecule has 0 spiro atoms. The fourth-order valence-electron chi connectivity index (χ4n) is 4.30. The molecule has 0 fully saturated rings. The lowest BCUT2D eigenvalue weighted by molar-refractivity contribution is 0.238. The molecule has 32 heavy (non-hydrogen) atoms. The summed E-state index contributed by atoms with van der Waals surface area (Å²) in [6, 6.07) is 20.6. The summed E-state index contributed by atoms with van der Waals surface area (Å²) < 4.78 is 0. The molecular formula is C27H29N3O2. The fourth-order valence-corrected chi connectivity index (χ4v) is 4.30. The highest BCUT2D eigenvalue weighted by molar-refractivity contribution is 6.11. The zero-order valence-electron chi connectivity index (χ0n) is 19.0. The summed E-state index contributed by atoms with van der Waals surface area (Å²) in [6.07, 6.45) is 0.752. The molecule has 0 aromatic heterocycles. The molecule has 1 aliphatic heterocycles. The predicted molar refractivity (Wildman–Crippen MR) is 130 cm³/mol. The molecule has 0 atom stereocenters. The Hall–Kier alpha value is -3.60. The molecule has 0 saturated heterocycles. The molecule has 4 rings (SSSR count). The van der Waals surface area contributed by atoms with Gasteiger partial charge in [0.2, 0.25) is 0 Å². The number of hydrogen-bond acceptors (Lipinski definition) is 2. The minimum absolute atomic E-state index is 0.237. The topological polar surface area (TPSA) is 61.4 Å². The number of carbonyl (C=O) groups is 2. The van der Waals surface area contributed by atoms with Crippen molar-refractivity contribution in [2.75, 3.05) is 10.2 Å². The molecule has 1 aliphatic rings. The number of amides is 4. The Bertz CT molecular complexity index is 1100. The number of para-hydroxylation sites is 3. The van der Waals surface area contributed by atoms with Crippen molar-refractivity contribution in [3.63, 3.8) is 0 Å². The SMILES string of the molecule is CC(C)c1cccc(C(C)C)c1NC(=O)NC(=O)N1c2ccccc2Cc2ccccc21. The van der Waals surface area contributed by atoms with Crippen LogP contribution in [0.2, 0.25) is 0 Å². The first-order valence-electron chi connectivity index (χ1n) is 11.1. The monoisotopic (exact) mass is 427 g/mol. The third-order valence-electron chi connectivity index (χ3n) is 5.88. The Morgan fingerprint density at radius 2 is 1.25 bits per heavy atom. The summed E-state index contributed by atoms with van der Waals surface area (Å²) in [7, 11) is 0. The average Bonchev–Trinajstić information content (AvgIpc) is 2.76. The Balaban J connectivity index is 1.62. The Morgan fingerprint density at radius 3 is 1.75 bits per heavy atom. The number of hydrogen-bond donors (Lipinski definition) is 2. The van der Waals surface area contributed by atoms with E-state index in [1.807, 2.05) is 66.7 Å². The summed E-state index contributed by atoms with van der Waals surface area (Å²) in [5, 5.41) is 5.51. The van der Waals surface area contributed by atoms with Gasteiger partial charge in [0.05, 0.1) is 11.4 Å². The highest BCUT2D eigenvalue weighted by Gasteiger charge is 2.28. The number of imide groups is 1. The molecule has 3 aromatic carbocycles. The van der Waals surface area contributed by atoms with E-state index in [2.05, 4.69) is 38.3 Å². The Labute approximate surface area is 189 Å². The molecule has 5 heteroatoms. The molecule has 0 saturated carbocycles. The zero-order valence-corrected chi connectivity index (χ0v) is 19.0. The van der Waals surface area contributed by atoms with Crippen molar-refractivity contribution in [1.29, 1.82) is 0 Å². The second-order valence-electron chi connectivity index (χ2n) is 8.77. The van der Waals surface area contributed by atoms with Crippen LogP contribution in [0.1, 0.15) is 61.8 Å². The molecule has 1 heterocycles. The molecule has 0 unspecified atom stereocenters. The number of rotatable bonds is 3. The maximum atomic E-state index is 13.3. The molecule has 0 bridgehead atoms. The van der Waals surface area contributed by atoms with Crippen LogP contribution in [0.25, 0.3) is 0 Å². The van der Waals surface area contributed by atoms with E-state index in [0.29, 0.717) is 0 Å². The number of fused-ring (bicyclic) bond motifs is 2. The minimum Gasteiger partial charge on any atom is -0.307 e. The lowest BCUT2D eigenvalue weighted by Gasteiger charge is -2.31. The van der Waals surface area contributed by atoms with E-state index < -0.39 is 12.1 Å². The van der Waals surface area contributed by atoms with Gasteiger partial charge >= 0.3 is 12.1 Å². The van der Waals surface area contributed by atoms with Gasteiger partial charge in [0.1, 0.15) is 0 Å². The molecule has 4 amide bonds. The summed E-state index contributed by atoms with van der Waals surface area (Å²) in [6.45, 7) is 8.37. The first-order valence-corrected chi connectivity index (χ1v) is 11.1. The van der Waals surface area contributed by atoms with E-state index >= 15 is 0 Å². The van der Waals surface area contributed by atoms with Gasteiger partial charge in [0, 0.05) is 12.1 Å². The molecule has 164 valence electrons. The van der Waals surface area contributed by atoms with E-state index in [1.54, 1.807) is 4.90 Å². The zero-order chi connectivity index (χ0) is 22.8. The molecular weight excluding hydrogens is 398 g/mol. The summed E-state index contributed by atoms with van der Waals surface area (Å²) >= 11 is 0. The van der Waals surface area contributed by atoms with Gasteiger partial charge in [0.25, 0.3) is 0 Å². The van der Waals surface area contributed by atoms with Crippen molar-refractivity contribution in [1.82, 2.24) is 5.32 Å². The maximum Gasteiger partial charge on any atom is 0.334 e. The van der Waals surface area contributed by atoms with Crippen molar-refractivity contribution in [2.24, 2.45) is 0 Å². The lowest BCUT2D eigenvalue weighted by atomic mass is 9.93. The summed E-state index contributed by atoms with van der Waals surface area (Å²) in [5.41, 5.74) is 6.56. The van der Waals surface area contributed by atoms with Crippen molar-refractivity contribution >= 4 is 29.1 Å². The van der Waals surface area contributed by atoms with E-state index in [9.17, 15) is 9.59 Å². The lowest BCUT2D eigenvalue weighted by Crippen LogP contribution is -2.44. The molecule has 2 N–H and O–H groups in total. The van der Waals surface area contributed by atoms with Gasteiger partial charge < -0.3 is 5.32 Å².